The van der Waals surface area contributed by atoms with E-state index in [-0.39, 0.29) is 0 Å². The van der Waals surface area contributed by atoms with Gasteiger partial charge in [-0.15, -0.1) is 0 Å². The fourth-order valence-corrected chi connectivity index (χ4v) is 2.05. The van der Waals surface area contributed by atoms with Crippen LogP contribution in [-0.2, 0) is 0 Å². The fraction of sp³-hybridized carbons (Fsp3) is 0.500. The van der Waals surface area contributed by atoms with Gasteiger partial charge in [-0.2, -0.15) is 0 Å². The highest BCUT2D eigenvalue weighted by molar-refractivity contribution is 5.19. The molecule has 1 N–H and O–H groups in total. The molecule has 0 aliphatic carbocycles. The van der Waals surface area contributed by atoms with Crippen LogP contribution in [0.15, 0.2) is 30.3 Å². The van der Waals surface area contributed by atoms with E-state index in [1.807, 2.05) is 0 Å². The molecule has 0 bridgehead atoms. The predicted molar refractivity (Wildman–Crippen MR) is 55.6 cm³/mol. The molecule has 0 amide bonds. The summed E-state index contributed by atoms with van der Waals surface area (Å²) in [5.74, 6) is 0.867. The summed E-state index contributed by atoms with van der Waals surface area (Å²) in [6.45, 7) is 3.51. The highest BCUT2D eigenvalue weighted by atomic mass is 14.9. The number of hydrogen-bond acceptors (Lipinski definition) is 1. The molecule has 0 spiro atoms. The average molecular weight is 175 g/mol. The van der Waals surface area contributed by atoms with Crippen LogP contribution >= 0.6 is 0 Å². The summed E-state index contributed by atoms with van der Waals surface area (Å²) in [7, 11) is 0. The first-order valence-electron chi connectivity index (χ1n) is 5.14. The van der Waals surface area contributed by atoms with E-state index in [2.05, 4.69) is 42.6 Å². The predicted octanol–water partition coefficient (Wildman–Crippen LogP) is 2.75. The van der Waals surface area contributed by atoms with E-state index in [9.17, 15) is 0 Å². The quantitative estimate of drug-likeness (QED) is 0.692. The van der Waals surface area contributed by atoms with E-state index < -0.39 is 0 Å². The molecule has 1 aliphatic heterocycles. The molecule has 1 heteroatoms. The number of rotatable bonds is 1. The molecule has 1 fully saturated rings. The minimum absolute atomic E-state index is 0.588. The second-order valence-corrected chi connectivity index (χ2v) is 4.05. The molecule has 1 saturated heterocycles. The summed E-state index contributed by atoms with van der Waals surface area (Å²) in [6, 6.07) is 11.3. The van der Waals surface area contributed by atoms with E-state index in [0.717, 1.165) is 5.92 Å². The maximum atomic E-state index is 3.57. The molecule has 70 valence electrons. The van der Waals surface area contributed by atoms with Crippen molar-refractivity contribution in [3.63, 3.8) is 0 Å². The average Bonchev–Trinajstić information content (AvgIpc) is 2.19. The van der Waals surface area contributed by atoms with Gasteiger partial charge in [-0.3, -0.25) is 0 Å². The third-order valence-corrected chi connectivity index (χ3v) is 2.87. The Balaban J connectivity index is 2.08. The highest BCUT2D eigenvalue weighted by Gasteiger charge is 2.18. The molecule has 1 heterocycles. The Labute approximate surface area is 80.2 Å². The summed E-state index contributed by atoms with van der Waals surface area (Å²) in [5.41, 5.74) is 1.44. The maximum Gasteiger partial charge on any atom is 0.0322 e. The lowest BCUT2D eigenvalue weighted by molar-refractivity contribution is 0.325. The second-order valence-electron chi connectivity index (χ2n) is 4.05. The van der Waals surface area contributed by atoms with Crippen molar-refractivity contribution in [3.8, 4) is 0 Å². The van der Waals surface area contributed by atoms with Gasteiger partial charge < -0.3 is 5.32 Å². The van der Waals surface area contributed by atoms with Gasteiger partial charge in [0.05, 0.1) is 0 Å². The number of nitrogens with one attached hydrogen (secondary N) is 1. The van der Waals surface area contributed by atoms with Crippen molar-refractivity contribution in [3.05, 3.63) is 35.9 Å². The molecule has 2 rings (SSSR count). The Morgan fingerprint density at radius 1 is 1.23 bits per heavy atom. The molecule has 1 aliphatic rings. The highest BCUT2D eigenvalue weighted by Crippen LogP contribution is 2.26. The Kier molecular flexibility index (Phi) is 2.65. The summed E-state index contributed by atoms with van der Waals surface area (Å²) in [4.78, 5) is 0. The third kappa shape index (κ3) is 2.10. The standard InChI is InChI=1S/C12H17N/c1-10-7-8-13-12(9-10)11-5-3-2-4-6-11/h2-6,10,12-13H,7-9H2,1H3/t10?,12-/m0/s1. The lowest BCUT2D eigenvalue weighted by Crippen LogP contribution is -2.30. The van der Waals surface area contributed by atoms with Crippen molar-refractivity contribution < 1.29 is 0 Å². The fourth-order valence-electron chi connectivity index (χ4n) is 2.05. The molecule has 1 nitrogen and oxygen atoms in total. The molecule has 0 saturated carbocycles. The van der Waals surface area contributed by atoms with E-state index in [1.165, 1.54) is 24.9 Å². The van der Waals surface area contributed by atoms with Gasteiger partial charge in [0.2, 0.25) is 0 Å². The van der Waals surface area contributed by atoms with Crippen LogP contribution in [0.4, 0.5) is 0 Å². The Morgan fingerprint density at radius 2 is 2.00 bits per heavy atom. The zero-order valence-electron chi connectivity index (χ0n) is 8.16. The molecule has 13 heavy (non-hydrogen) atoms. The van der Waals surface area contributed by atoms with Gasteiger partial charge in [0.15, 0.2) is 0 Å². The van der Waals surface area contributed by atoms with E-state index in [0.29, 0.717) is 6.04 Å². The molecular weight excluding hydrogens is 158 g/mol. The smallest absolute Gasteiger partial charge is 0.0322 e. The lowest BCUT2D eigenvalue weighted by atomic mass is 9.90. The summed E-state index contributed by atoms with van der Waals surface area (Å²) >= 11 is 0. The lowest BCUT2D eigenvalue weighted by Gasteiger charge is -2.28. The van der Waals surface area contributed by atoms with Crippen LogP contribution in [0.25, 0.3) is 0 Å². The third-order valence-electron chi connectivity index (χ3n) is 2.87. The van der Waals surface area contributed by atoms with Crippen LogP contribution in [0.2, 0.25) is 0 Å². The van der Waals surface area contributed by atoms with Gasteiger partial charge in [-0.05, 0) is 30.9 Å². The van der Waals surface area contributed by atoms with Gasteiger partial charge in [0, 0.05) is 6.04 Å². The van der Waals surface area contributed by atoms with Crippen LogP contribution in [0.3, 0.4) is 0 Å². The second kappa shape index (κ2) is 3.93. The van der Waals surface area contributed by atoms with Crippen LogP contribution < -0.4 is 5.32 Å². The van der Waals surface area contributed by atoms with E-state index in [1.54, 1.807) is 0 Å². The molecule has 1 aromatic rings. The first kappa shape index (κ1) is 8.76. The molecule has 0 radical (unpaired) electrons. The molecule has 1 aromatic carbocycles. The van der Waals surface area contributed by atoms with Crippen molar-refractivity contribution in [1.82, 2.24) is 5.32 Å². The van der Waals surface area contributed by atoms with Crippen LogP contribution in [0, 0.1) is 5.92 Å². The summed E-state index contributed by atoms with van der Waals surface area (Å²) < 4.78 is 0. The summed E-state index contributed by atoms with van der Waals surface area (Å²) in [6.07, 6.45) is 2.60. The Bertz CT molecular complexity index is 255. The van der Waals surface area contributed by atoms with Crippen LogP contribution in [0.1, 0.15) is 31.4 Å². The van der Waals surface area contributed by atoms with Crippen molar-refractivity contribution in [2.75, 3.05) is 6.54 Å². The number of piperidine rings is 1. The van der Waals surface area contributed by atoms with Gasteiger partial charge in [0.25, 0.3) is 0 Å². The number of hydrogen-bond donors (Lipinski definition) is 1. The topological polar surface area (TPSA) is 12.0 Å². The van der Waals surface area contributed by atoms with Crippen molar-refractivity contribution in [2.24, 2.45) is 5.92 Å². The van der Waals surface area contributed by atoms with Gasteiger partial charge in [0.1, 0.15) is 0 Å². The zero-order valence-corrected chi connectivity index (χ0v) is 8.16. The van der Waals surface area contributed by atoms with Gasteiger partial charge >= 0.3 is 0 Å². The minimum Gasteiger partial charge on any atom is -0.310 e. The summed E-state index contributed by atoms with van der Waals surface area (Å²) in [5, 5.41) is 3.57. The Hall–Kier alpha value is -0.820. The van der Waals surface area contributed by atoms with E-state index >= 15 is 0 Å². The van der Waals surface area contributed by atoms with Crippen molar-refractivity contribution in [2.45, 2.75) is 25.8 Å². The first-order valence-corrected chi connectivity index (χ1v) is 5.14. The maximum absolute atomic E-state index is 3.57. The first-order chi connectivity index (χ1) is 6.36. The molecular formula is C12H17N. The van der Waals surface area contributed by atoms with Crippen molar-refractivity contribution >= 4 is 0 Å². The monoisotopic (exact) mass is 175 g/mol. The normalized spacial score (nSPS) is 28.7. The van der Waals surface area contributed by atoms with Gasteiger partial charge in [-0.1, -0.05) is 37.3 Å². The van der Waals surface area contributed by atoms with Gasteiger partial charge in [-0.25, -0.2) is 0 Å². The largest absolute Gasteiger partial charge is 0.310 e. The van der Waals surface area contributed by atoms with Crippen molar-refractivity contribution in [1.29, 1.82) is 0 Å². The molecule has 0 aromatic heterocycles. The molecule has 1 unspecified atom stereocenters. The Morgan fingerprint density at radius 3 is 2.69 bits per heavy atom. The SMILES string of the molecule is CC1CCN[C@H](c2ccccc2)C1. The minimum atomic E-state index is 0.588. The molecule has 2 atom stereocenters. The van der Waals surface area contributed by atoms with Crippen LogP contribution in [0.5, 0.6) is 0 Å². The van der Waals surface area contributed by atoms with E-state index in [4.69, 9.17) is 0 Å². The zero-order chi connectivity index (χ0) is 9.10. The number of benzene rings is 1. The van der Waals surface area contributed by atoms with Crippen LogP contribution in [-0.4, -0.2) is 6.54 Å².